The molecule has 0 radical (unpaired) electrons. The summed E-state index contributed by atoms with van der Waals surface area (Å²) >= 11 is 0. The number of benzene rings is 1. The Morgan fingerprint density at radius 2 is 1.82 bits per heavy atom. The first-order chi connectivity index (χ1) is 8.30. The maximum absolute atomic E-state index is 6.00. The summed E-state index contributed by atoms with van der Waals surface area (Å²) in [7, 11) is 1.75. The molecule has 2 nitrogen and oxygen atoms in total. The highest BCUT2D eigenvalue weighted by Gasteiger charge is 2.33. The van der Waals surface area contributed by atoms with Crippen LogP contribution < -0.4 is 5.73 Å². The Hall–Kier alpha value is -0.860. The third-order valence-corrected chi connectivity index (χ3v) is 4.11. The summed E-state index contributed by atoms with van der Waals surface area (Å²) in [6, 6.07) is 8.99. The SMILES string of the molecule is COCCc1ccc(C2(CN)CCCC2)cc1. The Balaban J connectivity index is 2.11. The molecule has 2 rings (SSSR count). The van der Waals surface area contributed by atoms with E-state index in [9.17, 15) is 0 Å². The summed E-state index contributed by atoms with van der Waals surface area (Å²) in [5, 5.41) is 0. The van der Waals surface area contributed by atoms with Crippen LogP contribution in [0.25, 0.3) is 0 Å². The molecule has 1 saturated carbocycles. The molecule has 0 amide bonds. The summed E-state index contributed by atoms with van der Waals surface area (Å²) in [4.78, 5) is 0. The van der Waals surface area contributed by atoms with Gasteiger partial charge in [-0.3, -0.25) is 0 Å². The molecule has 1 aromatic carbocycles. The Morgan fingerprint density at radius 1 is 1.18 bits per heavy atom. The predicted molar refractivity (Wildman–Crippen MR) is 71.2 cm³/mol. The normalized spacial score (nSPS) is 18.5. The summed E-state index contributed by atoms with van der Waals surface area (Å²) < 4.78 is 5.10. The Labute approximate surface area is 104 Å². The fourth-order valence-electron chi connectivity index (χ4n) is 2.91. The smallest absolute Gasteiger partial charge is 0.0502 e. The van der Waals surface area contributed by atoms with Crippen LogP contribution in [-0.4, -0.2) is 20.3 Å². The van der Waals surface area contributed by atoms with Crippen LogP contribution in [0.3, 0.4) is 0 Å². The Morgan fingerprint density at radius 3 is 2.35 bits per heavy atom. The van der Waals surface area contributed by atoms with Crippen molar-refractivity contribution in [2.45, 2.75) is 37.5 Å². The van der Waals surface area contributed by atoms with Gasteiger partial charge in [0.15, 0.2) is 0 Å². The quantitative estimate of drug-likeness (QED) is 0.848. The number of hydrogen-bond donors (Lipinski definition) is 1. The van der Waals surface area contributed by atoms with Crippen molar-refractivity contribution in [2.75, 3.05) is 20.3 Å². The molecule has 0 bridgehead atoms. The van der Waals surface area contributed by atoms with Crippen molar-refractivity contribution in [2.24, 2.45) is 5.73 Å². The van der Waals surface area contributed by atoms with Crippen LogP contribution in [0.5, 0.6) is 0 Å². The molecule has 0 aliphatic heterocycles. The van der Waals surface area contributed by atoms with Gasteiger partial charge in [-0.1, -0.05) is 37.1 Å². The fraction of sp³-hybridized carbons (Fsp3) is 0.600. The molecule has 0 atom stereocenters. The molecule has 1 fully saturated rings. The molecule has 0 heterocycles. The molecule has 0 aromatic heterocycles. The largest absolute Gasteiger partial charge is 0.384 e. The Bertz CT molecular complexity index is 338. The van der Waals surface area contributed by atoms with Gasteiger partial charge in [-0.05, 0) is 30.4 Å². The van der Waals surface area contributed by atoms with E-state index in [1.165, 1.54) is 36.8 Å². The average Bonchev–Trinajstić information content (AvgIpc) is 2.87. The van der Waals surface area contributed by atoms with Gasteiger partial charge in [0.25, 0.3) is 0 Å². The van der Waals surface area contributed by atoms with Crippen LogP contribution in [0.1, 0.15) is 36.8 Å². The van der Waals surface area contributed by atoms with Gasteiger partial charge in [-0.15, -0.1) is 0 Å². The number of hydrogen-bond acceptors (Lipinski definition) is 2. The van der Waals surface area contributed by atoms with E-state index >= 15 is 0 Å². The van der Waals surface area contributed by atoms with Crippen LogP contribution in [0, 0.1) is 0 Å². The van der Waals surface area contributed by atoms with Crippen LogP contribution in [-0.2, 0) is 16.6 Å². The molecule has 0 saturated heterocycles. The van der Waals surface area contributed by atoms with Gasteiger partial charge in [-0.25, -0.2) is 0 Å². The van der Waals surface area contributed by atoms with Crippen LogP contribution in [0.15, 0.2) is 24.3 Å². The maximum Gasteiger partial charge on any atom is 0.0502 e. The minimum absolute atomic E-state index is 0.264. The third-order valence-electron chi connectivity index (χ3n) is 4.11. The molecule has 1 aliphatic rings. The molecule has 0 spiro atoms. The van der Waals surface area contributed by atoms with Crippen molar-refractivity contribution in [1.29, 1.82) is 0 Å². The van der Waals surface area contributed by atoms with Gasteiger partial charge < -0.3 is 10.5 Å². The first kappa shape index (κ1) is 12.6. The van der Waals surface area contributed by atoms with Crippen molar-refractivity contribution < 1.29 is 4.74 Å². The lowest BCUT2D eigenvalue weighted by Crippen LogP contribution is -2.31. The molecule has 1 aromatic rings. The molecular weight excluding hydrogens is 210 g/mol. The van der Waals surface area contributed by atoms with Gasteiger partial charge in [0, 0.05) is 19.1 Å². The lowest BCUT2D eigenvalue weighted by Gasteiger charge is -2.28. The first-order valence-corrected chi connectivity index (χ1v) is 6.59. The van der Waals surface area contributed by atoms with E-state index in [2.05, 4.69) is 24.3 Å². The standard InChI is InChI=1S/C15H23NO/c1-17-11-8-13-4-6-14(7-5-13)15(12-16)9-2-3-10-15/h4-7H,2-3,8-12,16H2,1H3. The highest BCUT2D eigenvalue weighted by molar-refractivity contribution is 5.30. The summed E-state index contributed by atoms with van der Waals surface area (Å²) in [6.07, 6.45) is 6.14. The molecule has 17 heavy (non-hydrogen) atoms. The van der Waals surface area contributed by atoms with Crippen molar-refractivity contribution in [3.05, 3.63) is 35.4 Å². The first-order valence-electron chi connectivity index (χ1n) is 6.59. The second-order valence-corrected chi connectivity index (χ2v) is 5.13. The van der Waals surface area contributed by atoms with Gasteiger partial charge in [0.1, 0.15) is 0 Å². The van der Waals surface area contributed by atoms with Crippen molar-refractivity contribution in [3.8, 4) is 0 Å². The minimum atomic E-state index is 0.264. The van der Waals surface area contributed by atoms with Crippen molar-refractivity contribution in [1.82, 2.24) is 0 Å². The highest BCUT2D eigenvalue weighted by atomic mass is 16.5. The molecule has 2 N–H and O–H groups in total. The van der Waals surface area contributed by atoms with Crippen molar-refractivity contribution >= 4 is 0 Å². The zero-order chi connectivity index (χ0) is 12.1. The van der Waals surface area contributed by atoms with Crippen LogP contribution in [0.2, 0.25) is 0 Å². The van der Waals surface area contributed by atoms with E-state index in [-0.39, 0.29) is 5.41 Å². The predicted octanol–water partition coefficient (Wildman–Crippen LogP) is 2.65. The fourth-order valence-corrected chi connectivity index (χ4v) is 2.91. The minimum Gasteiger partial charge on any atom is -0.384 e. The summed E-state index contributed by atoms with van der Waals surface area (Å²) in [5.41, 5.74) is 9.04. The van der Waals surface area contributed by atoms with E-state index in [1.54, 1.807) is 7.11 Å². The van der Waals surface area contributed by atoms with E-state index in [1.807, 2.05) is 0 Å². The van der Waals surface area contributed by atoms with E-state index < -0.39 is 0 Å². The van der Waals surface area contributed by atoms with E-state index in [4.69, 9.17) is 10.5 Å². The summed E-state index contributed by atoms with van der Waals surface area (Å²) in [6.45, 7) is 1.58. The van der Waals surface area contributed by atoms with Crippen molar-refractivity contribution in [3.63, 3.8) is 0 Å². The zero-order valence-electron chi connectivity index (χ0n) is 10.7. The van der Waals surface area contributed by atoms with Gasteiger partial charge >= 0.3 is 0 Å². The van der Waals surface area contributed by atoms with Crippen LogP contribution in [0.4, 0.5) is 0 Å². The lowest BCUT2D eigenvalue weighted by atomic mass is 9.79. The highest BCUT2D eigenvalue weighted by Crippen LogP contribution is 2.40. The molecule has 2 heteroatoms. The number of ether oxygens (including phenoxy) is 1. The summed E-state index contributed by atoms with van der Waals surface area (Å²) in [5.74, 6) is 0. The van der Waals surface area contributed by atoms with Gasteiger partial charge in [0.05, 0.1) is 6.61 Å². The molecule has 1 aliphatic carbocycles. The molecule has 94 valence electrons. The second-order valence-electron chi connectivity index (χ2n) is 5.13. The molecule has 0 unspecified atom stereocenters. The van der Waals surface area contributed by atoms with Crippen LogP contribution >= 0.6 is 0 Å². The third kappa shape index (κ3) is 2.70. The number of methoxy groups -OCH3 is 1. The molecular formula is C15H23NO. The van der Waals surface area contributed by atoms with Gasteiger partial charge in [0.2, 0.25) is 0 Å². The maximum atomic E-state index is 6.00. The topological polar surface area (TPSA) is 35.2 Å². The average molecular weight is 233 g/mol. The monoisotopic (exact) mass is 233 g/mol. The van der Waals surface area contributed by atoms with E-state index in [0.29, 0.717) is 0 Å². The number of nitrogens with two attached hydrogens (primary N) is 1. The lowest BCUT2D eigenvalue weighted by molar-refractivity contribution is 0.202. The Kier molecular flexibility index (Phi) is 4.19. The zero-order valence-corrected chi connectivity index (χ0v) is 10.7. The van der Waals surface area contributed by atoms with E-state index in [0.717, 1.165) is 19.6 Å². The second kappa shape index (κ2) is 5.65. The van der Waals surface area contributed by atoms with Gasteiger partial charge in [-0.2, -0.15) is 0 Å². The number of rotatable bonds is 5.